The zero-order valence-corrected chi connectivity index (χ0v) is 13.3. The van der Waals surface area contributed by atoms with E-state index in [4.69, 9.17) is 0 Å². The second-order valence-electron chi connectivity index (χ2n) is 6.23. The van der Waals surface area contributed by atoms with Crippen molar-refractivity contribution in [1.29, 1.82) is 0 Å². The fourth-order valence-electron chi connectivity index (χ4n) is 2.35. The van der Waals surface area contributed by atoms with E-state index >= 15 is 0 Å². The van der Waals surface area contributed by atoms with Crippen LogP contribution in [0.15, 0.2) is 12.1 Å². The van der Waals surface area contributed by atoms with Crippen molar-refractivity contribution < 1.29 is 5.11 Å². The Morgan fingerprint density at radius 3 is 2.06 bits per heavy atom. The van der Waals surface area contributed by atoms with Gasteiger partial charge in [0.25, 0.3) is 0 Å². The molecule has 0 aliphatic heterocycles. The Balaban J connectivity index is 2.81. The van der Waals surface area contributed by atoms with Gasteiger partial charge in [0.05, 0.1) is 6.10 Å². The predicted molar refractivity (Wildman–Crippen MR) is 81.3 cm³/mol. The van der Waals surface area contributed by atoms with Gasteiger partial charge in [-0.1, -0.05) is 47.5 Å². The topological polar surface area (TPSA) is 20.2 Å². The summed E-state index contributed by atoms with van der Waals surface area (Å²) in [7, 11) is 0. The highest BCUT2D eigenvalue weighted by molar-refractivity contribution is 7.12. The maximum absolute atomic E-state index is 10.5. The molecule has 0 amide bonds. The van der Waals surface area contributed by atoms with E-state index in [9.17, 15) is 5.11 Å². The third kappa shape index (κ3) is 4.10. The van der Waals surface area contributed by atoms with Crippen molar-refractivity contribution in [3.8, 4) is 0 Å². The summed E-state index contributed by atoms with van der Waals surface area (Å²) in [6.45, 7) is 11.1. The minimum atomic E-state index is -0.272. The van der Waals surface area contributed by atoms with E-state index in [1.54, 1.807) is 11.3 Å². The van der Waals surface area contributed by atoms with Crippen molar-refractivity contribution in [2.45, 2.75) is 71.8 Å². The summed E-state index contributed by atoms with van der Waals surface area (Å²) in [6, 6.07) is 4.30. The van der Waals surface area contributed by atoms with Gasteiger partial charge in [-0.3, -0.25) is 0 Å². The van der Waals surface area contributed by atoms with Crippen LogP contribution in [-0.4, -0.2) is 5.11 Å². The summed E-state index contributed by atoms with van der Waals surface area (Å²) in [6.07, 6.45) is 4.28. The summed E-state index contributed by atoms with van der Waals surface area (Å²) in [5.41, 5.74) is 0.188. The number of aliphatic hydroxyl groups excluding tert-OH is 1. The predicted octanol–water partition coefficient (Wildman–Crippen LogP) is 5.30. The van der Waals surface area contributed by atoms with Gasteiger partial charge in [-0.2, -0.15) is 0 Å². The lowest BCUT2D eigenvalue weighted by molar-refractivity contribution is 0.0997. The van der Waals surface area contributed by atoms with Crippen LogP contribution < -0.4 is 0 Å². The summed E-state index contributed by atoms with van der Waals surface area (Å²) < 4.78 is 0. The Hall–Kier alpha value is -0.340. The number of rotatable bonds is 6. The molecule has 0 saturated heterocycles. The molecule has 0 spiro atoms. The Kier molecular flexibility index (Phi) is 5.87. The lowest BCUT2D eigenvalue weighted by Crippen LogP contribution is -2.11. The van der Waals surface area contributed by atoms with Gasteiger partial charge < -0.3 is 5.11 Å². The molecule has 1 nitrogen and oxygen atoms in total. The largest absolute Gasteiger partial charge is 0.387 e. The van der Waals surface area contributed by atoms with Crippen molar-refractivity contribution in [3.63, 3.8) is 0 Å². The Morgan fingerprint density at radius 2 is 1.67 bits per heavy atom. The fourth-order valence-corrected chi connectivity index (χ4v) is 3.49. The first-order valence-electron chi connectivity index (χ1n) is 7.18. The average molecular weight is 268 g/mol. The van der Waals surface area contributed by atoms with Crippen LogP contribution in [0, 0.1) is 5.92 Å². The first kappa shape index (κ1) is 15.7. The molecular formula is C16H28OS. The fraction of sp³-hybridized carbons (Fsp3) is 0.750. The van der Waals surface area contributed by atoms with Crippen LogP contribution in [0.1, 0.15) is 76.2 Å². The monoisotopic (exact) mass is 268 g/mol. The zero-order valence-electron chi connectivity index (χ0n) is 12.5. The third-order valence-corrected chi connectivity index (χ3v) is 5.00. The highest BCUT2D eigenvalue weighted by Gasteiger charge is 2.23. The third-order valence-electron chi connectivity index (χ3n) is 3.42. The molecule has 2 heteroatoms. The van der Waals surface area contributed by atoms with Gasteiger partial charge in [0.1, 0.15) is 0 Å². The Morgan fingerprint density at radius 1 is 1.11 bits per heavy atom. The molecule has 0 saturated carbocycles. The van der Waals surface area contributed by atoms with Crippen LogP contribution in [-0.2, 0) is 5.41 Å². The standard InChI is InChI=1S/C16H28OS/c1-6-8-12(9-7-2)15(17)13-10-11-14(18-13)16(3,4)5/h10-12,15,17H,6-9H2,1-5H3. The Labute approximate surface area is 116 Å². The van der Waals surface area contributed by atoms with Crippen molar-refractivity contribution in [2.24, 2.45) is 5.92 Å². The zero-order chi connectivity index (χ0) is 13.8. The highest BCUT2D eigenvalue weighted by atomic mass is 32.1. The summed E-state index contributed by atoms with van der Waals surface area (Å²) >= 11 is 1.78. The van der Waals surface area contributed by atoms with Crippen LogP contribution in [0.2, 0.25) is 0 Å². The van der Waals surface area contributed by atoms with E-state index in [0.29, 0.717) is 5.92 Å². The quantitative estimate of drug-likeness (QED) is 0.742. The van der Waals surface area contributed by atoms with Gasteiger partial charge in [0.2, 0.25) is 0 Å². The molecule has 0 aliphatic rings. The number of hydrogen-bond donors (Lipinski definition) is 1. The number of hydrogen-bond acceptors (Lipinski definition) is 2. The second kappa shape index (κ2) is 6.72. The average Bonchev–Trinajstić information content (AvgIpc) is 2.76. The Bertz CT molecular complexity index is 342. The van der Waals surface area contributed by atoms with Gasteiger partial charge in [-0.05, 0) is 36.3 Å². The molecule has 0 bridgehead atoms. The lowest BCUT2D eigenvalue weighted by Gasteiger charge is -2.21. The molecule has 18 heavy (non-hydrogen) atoms. The van der Waals surface area contributed by atoms with Crippen molar-refractivity contribution in [2.75, 3.05) is 0 Å². The SMILES string of the molecule is CCCC(CCC)C(O)c1ccc(C(C)(C)C)s1. The number of thiophene rings is 1. The lowest BCUT2D eigenvalue weighted by atomic mass is 9.91. The van der Waals surface area contributed by atoms with Crippen LogP contribution in [0.5, 0.6) is 0 Å². The molecule has 1 N–H and O–H groups in total. The van der Waals surface area contributed by atoms with E-state index in [-0.39, 0.29) is 11.5 Å². The van der Waals surface area contributed by atoms with E-state index in [1.807, 2.05) is 0 Å². The minimum absolute atomic E-state index is 0.188. The smallest absolute Gasteiger partial charge is 0.0910 e. The van der Waals surface area contributed by atoms with Crippen molar-refractivity contribution in [3.05, 3.63) is 21.9 Å². The molecule has 104 valence electrons. The minimum Gasteiger partial charge on any atom is -0.387 e. The molecule has 1 aromatic rings. The molecule has 1 heterocycles. The maximum Gasteiger partial charge on any atom is 0.0910 e. The van der Waals surface area contributed by atoms with E-state index in [0.717, 1.165) is 30.6 Å². The van der Waals surface area contributed by atoms with Gasteiger partial charge in [0.15, 0.2) is 0 Å². The van der Waals surface area contributed by atoms with Crippen molar-refractivity contribution >= 4 is 11.3 Å². The van der Waals surface area contributed by atoms with E-state index < -0.39 is 0 Å². The van der Waals surface area contributed by atoms with Crippen LogP contribution in [0.4, 0.5) is 0 Å². The van der Waals surface area contributed by atoms with Crippen molar-refractivity contribution in [1.82, 2.24) is 0 Å². The highest BCUT2D eigenvalue weighted by Crippen LogP contribution is 2.37. The van der Waals surface area contributed by atoms with Gasteiger partial charge in [0, 0.05) is 9.75 Å². The summed E-state index contributed by atoms with van der Waals surface area (Å²) in [5.74, 6) is 0.423. The maximum atomic E-state index is 10.5. The molecule has 0 fully saturated rings. The molecule has 0 aliphatic carbocycles. The molecule has 1 rings (SSSR count). The van der Waals surface area contributed by atoms with E-state index in [2.05, 4.69) is 46.8 Å². The van der Waals surface area contributed by atoms with Gasteiger partial charge in [-0.25, -0.2) is 0 Å². The molecule has 1 aromatic heterocycles. The molecule has 0 aromatic carbocycles. The molecule has 1 unspecified atom stereocenters. The van der Waals surface area contributed by atoms with Crippen LogP contribution in [0.3, 0.4) is 0 Å². The molecule has 0 radical (unpaired) electrons. The summed E-state index contributed by atoms with van der Waals surface area (Å²) in [5, 5.41) is 10.5. The first-order chi connectivity index (χ1) is 8.40. The molecular weight excluding hydrogens is 240 g/mol. The normalized spacial score (nSPS) is 14.2. The van der Waals surface area contributed by atoms with Crippen LogP contribution in [0.25, 0.3) is 0 Å². The first-order valence-corrected chi connectivity index (χ1v) is 8.00. The van der Waals surface area contributed by atoms with E-state index in [1.165, 1.54) is 4.88 Å². The summed E-state index contributed by atoms with van der Waals surface area (Å²) in [4.78, 5) is 2.51. The molecule has 1 atom stereocenters. The van der Waals surface area contributed by atoms with Gasteiger partial charge >= 0.3 is 0 Å². The van der Waals surface area contributed by atoms with Crippen LogP contribution >= 0.6 is 11.3 Å². The second-order valence-corrected chi connectivity index (χ2v) is 7.35. The van der Waals surface area contributed by atoms with Gasteiger partial charge in [-0.15, -0.1) is 11.3 Å². The number of aliphatic hydroxyl groups is 1.